The molecule has 2 nitrogen and oxygen atoms in total. The normalized spacial score (nSPS) is 10.8. The Morgan fingerprint density at radius 1 is 0.900 bits per heavy atom. The van der Waals surface area contributed by atoms with Crippen molar-refractivity contribution in [1.29, 1.82) is 0 Å². The number of aryl methyl sites for hydroxylation is 4. The number of phenolic OH excluding ortho intramolecular Hbond substituents is 2. The molecule has 2 aromatic carbocycles. The molecule has 0 aliphatic rings. The van der Waals surface area contributed by atoms with Crippen LogP contribution in [0.5, 0.6) is 11.5 Å². The molecule has 0 saturated heterocycles. The summed E-state index contributed by atoms with van der Waals surface area (Å²) in [7, 11) is 0. The molecule has 2 rings (SSSR count). The number of rotatable bonds is 3. The molecular formula is C16H16Cl2O2. The first-order chi connectivity index (χ1) is 9.40. The van der Waals surface area contributed by atoms with Crippen LogP contribution >= 0.6 is 23.2 Å². The van der Waals surface area contributed by atoms with E-state index in [1.165, 1.54) is 0 Å². The van der Waals surface area contributed by atoms with Crippen molar-refractivity contribution in [2.45, 2.75) is 26.7 Å². The van der Waals surface area contributed by atoms with E-state index in [0.29, 0.717) is 16.5 Å². The summed E-state index contributed by atoms with van der Waals surface area (Å²) in [6.07, 6.45) is 1.44. The van der Waals surface area contributed by atoms with E-state index in [0.717, 1.165) is 28.7 Å². The van der Waals surface area contributed by atoms with Crippen LogP contribution in [0.25, 0.3) is 0 Å². The van der Waals surface area contributed by atoms with Crippen LogP contribution in [-0.2, 0) is 12.8 Å². The fourth-order valence-corrected chi connectivity index (χ4v) is 2.72. The summed E-state index contributed by atoms with van der Waals surface area (Å²) in [5.41, 5.74) is 3.45. The Balaban J connectivity index is 2.19. The highest BCUT2D eigenvalue weighted by atomic mass is 35.5. The molecule has 0 heterocycles. The quantitative estimate of drug-likeness (QED) is 0.854. The Morgan fingerprint density at radius 3 is 2.25 bits per heavy atom. The van der Waals surface area contributed by atoms with E-state index in [1.807, 2.05) is 32.0 Å². The first-order valence-electron chi connectivity index (χ1n) is 6.35. The maximum atomic E-state index is 9.82. The number of benzene rings is 2. The average Bonchev–Trinajstić information content (AvgIpc) is 2.41. The number of hydrogen-bond acceptors (Lipinski definition) is 2. The highest BCUT2D eigenvalue weighted by Crippen LogP contribution is 2.32. The van der Waals surface area contributed by atoms with Gasteiger partial charge < -0.3 is 10.2 Å². The van der Waals surface area contributed by atoms with E-state index < -0.39 is 0 Å². The molecule has 106 valence electrons. The van der Waals surface area contributed by atoms with Crippen LogP contribution in [0.3, 0.4) is 0 Å². The summed E-state index contributed by atoms with van der Waals surface area (Å²) in [6.45, 7) is 3.63. The molecule has 0 radical (unpaired) electrons. The molecule has 20 heavy (non-hydrogen) atoms. The van der Waals surface area contributed by atoms with Gasteiger partial charge in [-0.05, 0) is 55.0 Å². The van der Waals surface area contributed by atoms with Crippen LogP contribution in [0.15, 0.2) is 24.3 Å². The third kappa shape index (κ3) is 3.02. The minimum atomic E-state index is 0.126. The van der Waals surface area contributed by atoms with Crippen LogP contribution in [0.2, 0.25) is 10.0 Å². The Hall–Kier alpha value is -1.38. The molecule has 0 aliphatic carbocycles. The van der Waals surface area contributed by atoms with Crippen molar-refractivity contribution in [3.63, 3.8) is 0 Å². The molecule has 0 fully saturated rings. The van der Waals surface area contributed by atoms with E-state index in [2.05, 4.69) is 0 Å². The van der Waals surface area contributed by atoms with Crippen molar-refractivity contribution in [3.8, 4) is 11.5 Å². The third-order valence-electron chi connectivity index (χ3n) is 3.39. The van der Waals surface area contributed by atoms with Crippen LogP contribution in [0.1, 0.15) is 22.3 Å². The molecule has 0 atom stereocenters. The van der Waals surface area contributed by atoms with Crippen molar-refractivity contribution in [2.24, 2.45) is 0 Å². The fraction of sp³-hybridized carbons (Fsp3) is 0.250. The van der Waals surface area contributed by atoms with Crippen LogP contribution < -0.4 is 0 Å². The lowest BCUT2D eigenvalue weighted by Crippen LogP contribution is -1.94. The topological polar surface area (TPSA) is 40.5 Å². The van der Waals surface area contributed by atoms with Crippen molar-refractivity contribution in [1.82, 2.24) is 0 Å². The molecule has 0 aromatic heterocycles. The molecule has 0 spiro atoms. The number of hydrogen-bond donors (Lipinski definition) is 2. The lowest BCUT2D eigenvalue weighted by atomic mass is 10.0. The van der Waals surface area contributed by atoms with Gasteiger partial charge in [0.25, 0.3) is 0 Å². The monoisotopic (exact) mass is 310 g/mol. The highest BCUT2D eigenvalue weighted by Gasteiger charge is 2.10. The molecular weight excluding hydrogens is 295 g/mol. The van der Waals surface area contributed by atoms with Crippen LogP contribution in [0, 0.1) is 13.8 Å². The molecule has 0 saturated carbocycles. The van der Waals surface area contributed by atoms with E-state index >= 15 is 0 Å². The van der Waals surface area contributed by atoms with Gasteiger partial charge in [0.05, 0.1) is 10.0 Å². The van der Waals surface area contributed by atoms with Crippen molar-refractivity contribution < 1.29 is 10.2 Å². The van der Waals surface area contributed by atoms with Gasteiger partial charge in [0.1, 0.15) is 11.5 Å². The van der Waals surface area contributed by atoms with Crippen molar-refractivity contribution in [2.75, 3.05) is 0 Å². The Kier molecular flexibility index (Phi) is 4.46. The molecule has 0 amide bonds. The lowest BCUT2D eigenvalue weighted by molar-refractivity contribution is 0.470. The molecule has 2 aromatic rings. The second-order valence-electron chi connectivity index (χ2n) is 4.95. The van der Waals surface area contributed by atoms with Crippen LogP contribution in [-0.4, -0.2) is 10.2 Å². The zero-order chi connectivity index (χ0) is 14.9. The third-order valence-corrected chi connectivity index (χ3v) is 4.10. The summed E-state index contributed by atoms with van der Waals surface area (Å²) >= 11 is 12.1. The average molecular weight is 311 g/mol. The maximum absolute atomic E-state index is 9.82. The van der Waals surface area contributed by atoms with E-state index in [1.54, 1.807) is 6.07 Å². The minimum absolute atomic E-state index is 0.126. The van der Waals surface area contributed by atoms with Gasteiger partial charge in [0, 0.05) is 0 Å². The second-order valence-corrected chi connectivity index (χ2v) is 5.73. The molecule has 0 bridgehead atoms. The van der Waals surface area contributed by atoms with Gasteiger partial charge in [-0.3, -0.25) is 0 Å². The van der Waals surface area contributed by atoms with Gasteiger partial charge >= 0.3 is 0 Å². The molecule has 2 N–H and O–H groups in total. The first kappa shape index (κ1) is 15.0. The Bertz CT molecular complexity index is 628. The Labute approximate surface area is 128 Å². The van der Waals surface area contributed by atoms with Gasteiger partial charge in [0.15, 0.2) is 0 Å². The predicted molar refractivity (Wildman–Crippen MR) is 83.1 cm³/mol. The van der Waals surface area contributed by atoms with Crippen molar-refractivity contribution in [3.05, 3.63) is 56.6 Å². The van der Waals surface area contributed by atoms with Gasteiger partial charge in [-0.2, -0.15) is 0 Å². The zero-order valence-electron chi connectivity index (χ0n) is 11.4. The largest absolute Gasteiger partial charge is 0.506 e. The molecule has 0 aliphatic heterocycles. The summed E-state index contributed by atoms with van der Waals surface area (Å²) in [6, 6.07) is 7.44. The predicted octanol–water partition coefficient (Wildman–Crippen LogP) is 4.81. The van der Waals surface area contributed by atoms with Crippen LogP contribution in [0.4, 0.5) is 0 Å². The number of aromatic hydroxyl groups is 2. The van der Waals surface area contributed by atoms with E-state index in [4.69, 9.17) is 23.2 Å². The van der Waals surface area contributed by atoms with Gasteiger partial charge in [-0.25, -0.2) is 0 Å². The summed E-state index contributed by atoms with van der Waals surface area (Å²) in [5.74, 6) is 0.269. The van der Waals surface area contributed by atoms with Crippen molar-refractivity contribution >= 4 is 23.2 Å². The molecule has 4 heteroatoms. The summed E-state index contributed by atoms with van der Waals surface area (Å²) in [5, 5.41) is 20.2. The zero-order valence-corrected chi connectivity index (χ0v) is 12.9. The smallest absolute Gasteiger partial charge is 0.137 e. The fourth-order valence-electron chi connectivity index (χ4n) is 2.13. The Morgan fingerprint density at radius 2 is 1.60 bits per heavy atom. The summed E-state index contributed by atoms with van der Waals surface area (Å²) < 4.78 is 0. The summed E-state index contributed by atoms with van der Waals surface area (Å²) in [4.78, 5) is 0. The molecule has 0 unspecified atom stereocenters. The van der Waals surface area contributed by atoms with Gasteiger partial charge in [0.2, 0.25) is 0 Å². The highest BCUT2D eigenvalue weighted by molar-refractivity contribution is 6.33. The SMILES string of the molecule is Cc1cc(CCc2ccc(C)c(O)c2Cl)cc(Cl)c1O. The van der Waals surface area contributed by atoms with Gasteiger partial charge in [-0.1, -0.05) is 41.4 Å². The second kappa shape index (κ2) is 5.94. The first-order valence-corrected chi connectivity index (χ1v) is 7.10. The maximum Gasteiger partial charge on any atom is 0.137 e. The standard InChI is InChI=1S/C16H16Cl2O2/c1-9-3-5-12(14(18)16(9)20)6-4-11-7-10(2)15(19)13(17)8-11/h3,5,7-8,19-20H,4,6H2,1-2H3. The lowest BCUT2D eigenvalue weighted by Gasteiger charge is -2.10. The number of halogens is 2. The van der Waals surface area contributed by atoms with E-state index in [9.17, 15) is 10.2 Å². The number of phenols is 2. The van der Waals surface area contributed by atoms with E-state index in [-0.39, 0.29) is 11.5 Å². The van der Waals surface area contributed by atoms with Gasteiger partial charge in [-0.15, -0.1) is 0 Å². The minimum Gasteiger partial charge on any atom is -0.506 e.